The van der Waals surface area contributed by atoms with Crippen LogP contribution in [0.3, 0.4) is 0 Å². The average molecular weight is 303 g/mol. The number of carbonyl (C=O) groups excluding carboxylic acids is 1. The van der Waals surface area contributed by atoms with E-state index in [9.17, 15) is 9.59 Å². The van der Waals surface area contributed by atoms with Gasteiger partial charge in [-0.1, -0.05) is 0 Å². The van der Waals surface area contributed by atoms with Crippen LogP contribution >= 0.6 is 0 Å². The Morgan fingerprint density at radius 2 is 2.05 bits per heavy atom. The summed E-state index contributed by atoms with van der Waals surface area (Å²) in [6.45, 7) is 3.15. The lowest BCUT2D eigenvalue weighted by Gasteiger charge is -2.25. The molecule has 0 bridgehead atoms. The van der Waals surface area contributed by atoms with Crippen molar-refractivity contribution >= 4 is 28.5 Å². The van der Waals surface area contributed by atoms with Gasteiger partial charge in [0.2, 0.25) is 5.91 Å². The highest BCUT2D eigenvalue weighted by molar-refractivity contribution is 5.97. The molecule has 2 heterocycles. The SMILES string of the molecule is O=C(CN1CCOCC1)Nc1ccc2[nH]c(C(=O)O)cc2c1. The van der Waals surface area contributed by atoms with E-state index < -0.39 is 5.97 Å². The molecule has 1 aliphatic rings. The number of hydrogen-bond donors (Lipinski definition) is 3. The molecule has 1 fully saturated rings. The third kappa shape index (κ3) is 3.26. The van der Waals surface area contributed by atoms with Gasteiger partial charge in [0.15, 0.2) is 0 Å². The molecule has 1 aliphatic heterocycles. The number of anilines is 1. The zero-order chi connectivity index (χ0) is 15.5. The van der Waals surface area contributed by atoms with Gasteiger partial charge in [-0.05, 0) is 24.3 Å². The van der Waals surface area contributed by atoms with Crippen molar-refractivity contribution in [3.05, 3.63) is 30.0 Å². The first kappa shape index (κ1) is 14.6. The summed E-state index contributed by atoms with van der Waals surface area (Å²) in [5.74, 6) is -1.09. The van der Waals surface area contributed by atoms with Crippen LogP contribution in [0.5, 0.6) is 0 Å². The molecule has 2 aromatic rings. The molecular formula is C15H17N3O4. The Kier molecular flexibility index (Phi) is 4.08. The molecule has 0 saturated carbocycles. The number of carboxylic acids is 1. The largest absolute Gasteiger partial charge is 0.477 e. The number of amides is 1. The fourth-order valence-electron chi connectivity index (χ4n) is 2.49. The number of aromatic carboxylic acids is 1. The molecular weight excluding hydrogens is 286 g/mol. The number of nitrogens with one attached hydrogen (secondary N) is 2. The molecule has 1 aromatic heterocycles. The van der Waals surface area contributed by atoms with Crippen molar-refractivity contribution in [2.75, 3.05) is 38.2 Å². The monoisotopic (exact) mass is 303 g/mol. The molecule has 0 aliphatic carbocycles. The van der Waals surface area contributed by atoms with E-state index in [-0.39, 0.29) is 11.6 Å². The number of morpholine rings is 1. The van der Waals surface area contributed by atoms with Gasteiger partial charge in [0, 0.05) is 29.7 Å². The van der Waals surface area contributed by atoms with Crippen LogP contribution in [0.25, 0.3) is 10.9 Å². The summed E-state index contributed by atoms with van der Waals surface area (Å²) in [4.78, 5) is 27.8. The van der Waals surface area contributed by atoms with Gasteiger partial charge in [-0.15, -0.1) is 0 Å². The lowest BCUT2D eigenvalue weighted by atomic mass is 10.2. The van der Waals surface area contributed by atoms with Crippen molar-refractivity contribution in [1.82, 2.24) is 9.88 Å². The molecule has 22 heavy (non-hydrogen) atoms. The van der Waals surface area contributed by atoms with Gasteiger partial charge in [0.1, 0.15) is 5.69 Å². The normalized spacial score (nSPS) is 15.8. The second-order valence-corrected chi connectivity index (χ2v) is 5.23. The predicted octanol–water partition coefficient (Wildman–Crippen LogP) is 1.14. The number of aromatic nitrogens is 1. The second kappa shape index (κ2) is 6.17. The van der Waals surface area contributed by atoms with E-state index in [0.717, 1.165) is 24.0 Å². The smallest absolute Gasteiger partial charge is 0.352 e. The number of nitrogens with zero attached hydrogens (tertiary/aromatic N) is 1. The molecule has 1 amide bonds. The van der Waals surface area contributed by atoms with E-state index in [1.165, 1.54) is 0 Å². The lowest BCUT2D eigenvalue weighted by Crippen LogP contribution is -2.41. The molecule has 116 valence electrons. The molecule has 1 aromatic carbocycles. The zero-order valence-corrected chi connectivity index (χ0v) is 12.0. The summed E-state index contributed by atoms with van der Waals surface area (Å²) in [6.07, 6.45) is 0. The van der Waals surface area contributed by atoms with Gasteiger partial charge in [0.05, 0.1) is 19.8 Å². The van der Waals surface area contributed by atoms with Crippen LogP contribution in [-0.4, -0.2) is 59.7 Å². The van der Waals surface area contributed by atoms with E-state index in [1.807, 2.05) is 4.90 Å². The van der Waals surface area contributed by atoms with Crippen molar-refractivity contribution in [3.8, 4) is 0 Å². The minimum absolute atomic E-state index is 0.0877. The number of aromatic amines is 1. The van der Waals surface area contributed by atoms with Crippen LogP contribution in [0.15, 0.2) is 24.3 Å². The highest BCUT2D eigenvalue weighted by atomic mass is 16.5. The third-order valence-electron chi connectivity index (χ3n) is 3.61. The summed E-state index contributed by atoms with van der Waals surface area (Å²) in [5.41, 5.74) is 1.51. The summed E-state index contributed by atoms with van der Waals surface area (Å²) in [6, 6.07) is 6.82. The van der Waals surface area contributed by atoms with Crippen LogP contribution in [0.4, 0.5) is 5.69 Å². The maximum absolute atomic E-state index is 12.0. The van der Waals surface area contributed by atoms with Crippen molar-refractivity contribution in [1.29, 1.82) is 0 Å². The van der Waals surface area contributed by atoms with E-state index >= 15 is 0 Å². The molecule has 0 radical (unpaired) electrons. The Balaban J connectivity index is 1.67. The van der Waals surface area contributed by atoms with E-state index in [0.29, 0.717) is 25.4 Å². The zero-order valence-electron chi connectivity index (χ0n) is 12.0. The summed E-state index contributed by atoms with van der Waals surface area (Å²) in [5, 5.41) is 12.6. The number of ether oxygens (including phenoxy) is 1. The highest BCUT2D eigenvalue weighted by Gasteiger charge is 2.14. The first-order chi connectivity index (χ1) is 10.6. The minimum atomic E-state index is -1.01. The fraction of sp³-hybridized carbons (Fsp3) is 0.333. The van der Waals surface area contributed by atoms with Crippen LogP contribution in [0, 0.1) is 0 Å². The fourth-order valence-corrected chi connectivity index (χ4v) is 2.49. The number of benzene rings is 1. The number of fused-ring (bicyclic) bond motifs is 1. The summed E-state index contributed by atoms with van der Waals surface area (Å²) < 4.78 is 5.24. The first-order valence-corrected chi connectivity index (χ1v) is 7.08. The van der Waals surface area contributed by atoms with Crippen LogP contribution < -0.4 is 5.32 Å². The van der Waals surface area contributed by atoms with Gasteiger partial charge in [-0.3, -0.25) is 9.69 Å². The lowest BCUT2D eigenvalue weighted by molar-refractivity contribution is -0.118. The topological polar surface area (TPSA) is 94.7 Å². The quantitative estimate of drug-likeness (QED) is 0.787. The van der Waals surface area contributed by atoms with Crippen LogP contribution in [-0.2, 0) is 9.53 Å². The van der Waals surface area contributed by atoms with E-state index in [2.05, 4.69) is 10.3 Å². The number of rotatable bonds is 4. The molecule has 7 nitrogen and oxygen atoms in total. The molecule has 0 atom stereocenters. The Labute approximate surface area is 126 Å². The number of H-pyrrole nitrogens is 1. The van der Waals surface area contributed by atoms with Gasteiger partial charge < -0.3 is 20.1 Å². The molecule has 3 rings (SSSR count). The van der Waals surface area contributed by atoms with Crippen molar-refractivity contribution in [2.45, 2.75) is 0 Å². The molecule has 3 N–H and O–H groups in total. The van der Waals surface area contributed by atoms with Crippen molar-refractivity contribution < 1.29 is 19.4 Å². The van der Waals surface area contributed by atoms with Crippen molar-refractivity contribution in [3.63, 3.8) is 0 Å². The minimum Gasteiger partial charge on any atom is -0.477 e. The predicted molar refractivity (Wildman–Crippen MR) is 81.1 cm³/mol. The number of carboxylic acid groups (broad SMARTS) is 1. The van der Waals surface area contributed by atoms with Crippen molar-refractivity contribution in [2.24, 2.45) is 0 Å². The maximum Gasteiger partial charge on any atom is 0.352 e. The summed E-state index contributed by atoms with van der Waals surface area (Å²) in [7, 11) is 0. The average Bonchev–Trinajstić information content (AvgIpc) is 2.91. The first-order valence-electron chi connectivity index (χ1n) is 7.08. The molecule has 7 heteroatoms. The van der Waals surface area contributed by atoms with Crippen LogP contribution in [0.1, 0.15) is 10.5 Å². The summed E-state index contributed by atoms with van der Waals surface area (Å²) >= 11 is 0. The Hall–Kier alpha value is -2.38. The number of carbonyl (C=O) groups is 2. The standard InChI is InChI=1S/C15H17N3O4/c19-14(9-18-3-5-22-6-4-18)16-11-1-2-12-10(7-11)8-13(17-12)15(20)21/h1-2,7-8,17H,3-6,9H2,(H,16,19)(H,20,21). The van der Waals surface area contributed by atoms with Gasteiger partial charge in [-0.2, -0.15) is 0 Å². The molecule has 1 saturated heterocycles. The second-order valence-electron chi connectivity index (χ2n) is 5.23. The van der Waals surface area contributed by atoms with Gasteiger partial charge >= 0.3 is 5.97 Å². The molecule has 0 unspecified atom stereocenters. The van der Waals surface area contributed by atoms with E-state index in [4.69, 9.17) is 9.84 Å². The highest BCUT2D eigenvalue weighted by Crippen LogP contribution is 2.20. The Bertz CT molecular complexity index is 704. The van der Waals surface area contributed by atoms with Crippen LogP contribution in [0.2, 0.25) is 0 Å². The van der Waals surface area contributed by atoms with Gasteiger partial charge in [-0.25, -0.2) is 4.79 Å². The Morgan fingerprint density at radius 1 is 1.27 bits per heavy atom. The van der Waals surface area contributed by atoms with E-state index in [1.54, 1.807) is 24.3 Å². The third-order valence-corrected chi connectivity index (χ3v) is 3.61. The number of hydrogen-bond acceptors (Lipinski definition) is 4. The maximum atomic E-state index is 12.0. The Morgan fingerprint density at radius 3 is 2.77 bits per heavy atom. The van der Waals surface area contributed by atoms with Gasteiger partial charge in [0.25, 0.3) is 0 Å². The molecule has 0 spiro atoms.